The van der Waals surface area contributed by atoms with Crippen LogP contribution in [0.25, 0.3) is 21.8 Å². The van der Waals surface area contributed by atoms with Gasteiger partial charge >= 0.3 is 0 Å². The van der Waals surface area contributed by atoms with Crippen molar-refractivity contribution >= 4 is 27.6 Å². The molecule has 3 aromatic heterocycles. The summed E-state index contributed by atoms with van der Waals surface area (Å²) in [6.45, 7) is 3.89. The SMILES string of the molecule is Cc1cccc2cc(Cn3nc(C#CC(C)O)c4c(N)ncnc43)n(C3CC3)c(=O)c12. The number of hydrogen-bond acceptors (Lipinski definition) is 6. The van der Waals surface area contributed by atoms with E-state index in [1.165, 1.54) is 6.33 Å². The first kappa shape index (κ1) is 19.3. The minimum absolute atomic E-state index is 0.0350. The molecule has 8 nitrogen and oxygen atoms in total. The number of rotatable bonds is 3. The third kappa shape index (κ3) is 3.33. The molecular weight excluding hydrogens is 392 g/mol. The van der Waals surface area contributed by atoms with Crippen molar-refractivity contribution < 1.29 is 5.11 Å². The minimum Gasteiger partial charge on any atom is -0.383 e. The minimum atomic E-state index is -0.796. The van der Waals surface area contributed by atoms with E-state index in [4.69, 9.17) is 5.73 Å². The number of aryl methyl sites for hydroxylation is 1. The molecule has 0 bridgehead atoms. The third-order valence-corrected chi connectivity index (χ3v) is 5.55. The van der Waals surface area contributed by atoms with Crippen molar-refractivity contribution in [2.45, 2.75) is 45.4 Å². The molecule has 0 saturated heterocycles. The number of aromatic nitrogens is 5. The van der Waals surface area contributed by atoms with E-state index in [2.05, 4.69) is 33.0 Å². The summed E-state index contributed by atoms with van der Waals surface area (Å²) in [6.07, 6.45) is 2.57. The molecule has 4 aromatic rings. The molecular formula is C23H22N6O2. The van der Waals surface area contributed by atoms with Crippen LogP contribution in [0.15, 0.2) is 35.4 Å². The van der Waals surface area contributed by atoms with Gasteiger partial charge in [0.15, 0.2) is 5.65 Å². The Balaban J connectivity index is 1.71. The first-order valence-electron chi connectivity index (χ1n) is 10.2. The Labute approximate surface area is 178 Å². The first-order chi connectivity index (χ1) is 14.9. The van der Waals surface area contributed by atoms with Crippen molar-refractivity contribution in [3.05, 3.63) is 57.9 Å². The average Bonchev–Trinajstić information content (AvgIpc) is 3.49. The third-order valence-electron chi connectivity index (χ3n) is 5.55. The molecule has 1 unspecified atom stereocenters. The second-order valence-electron chi connectivity index (χ2n) is 7.99. The predicted molar refractivity (Wildman–Crippen MR) is 119 cm³/mol. The lowest BCUT2D eigenvalue weighted by atomic mass is 10.1. The molecule has 1 aromatic carbocycles. The number of fused-ring (bicyclic) bond motifs is 2. The highest BCUT2D eigenvalue weighted by molar-refractivity contribution is 5.90. The molecule has 0 radical (unpaired) electrons. The highest BCUT2D eigenvalue weighted by atomic mass is 16.3. The zero-order valence-corrected chi connectivity index (χ0v) is 17.3. The van der Waals surface area contributed by atoms with Gasteiger partial charge in [0.2, 0.25) is 0 Å². The van der Waals surface area contributed by atoms with E-state index in [0.717, 1.165) is 34.9 Å². The summed E-state index contributed by atoms with van der Waals surface area (Å²) >= 11 is 0. The molecule has 0 spiro atoms. The summed E-state index contributed by atoms with van der Waals surface area (Å²) in [6, 6.07) is 8.16. The van der Waals surface area contributed by atoms with Crippen molar-refractivity contribution in [1.29, 1.82) is 0 Å². The largest absolute Gasteiger partial charge is 0.383 e. The second kappa shape index (κ2) is 7.22. The normalized spacial score (nSPS) is 14.5. The molecule has 3 N–H and O–H groups in total. The lowest BCUT2D eigenvalue weighted by Crippen LogP contribution is -2.25. The van der Waals surface area contributed by atoms with Crippen molar-refractivity contribution in [1.82, 2.24) is 24.3 Å². The number of aliphatic hydroxyl groups excluding tert-OH is 1. The Bertz CT molecular complexity index is 1450. The lowest BCUT2D eigenvalue weighted by Gasteiger charge is -2.15. The van der Waals surface area contributed by atoms with Gasteiger partial charge in [-0.1, -0.05) is 24.1 Å². The van der Waals surface area contributed by atoms with Gasteiger partial charge in [0.1, 0.15) is 23.9 Å². The molecule has 1 atom stereocenters. The van der Waals surface area contributed by atoms with E-state index >= 15 is 0 Å². The number of nitrogens with two attached hydrogens (primary N) is 1. The van der Waals surface area contributed by atoms with Gasteiger partial charge in [-0.15, -0.1) is 0 Å². The zero-order valence-electron chi connectivity index (χ0n) is 17.3. The van der Waals surface area contributed by atoms with Crippen LogP contribution in [0.5, 0.6) is 0 Å². The van der Waals surface area contributed by atoms with Crippen LogP contribution < -0.4 is 11.3 Å². The Kier molecular flexibility index (Phi) is 4.49. The first-order valence-corrected chi connectivity index (χ1v) is 10.2. The van der Waals surface area contributed by atoms with Gasteiger partial charge in [0.05, 0.1) is 17.3 Å². The van der Waals surface area contributed by atoms with Crippen LogP contribution in [0.2, 0.25) is 0 Å². The molecule has 1 saturated carbocycles. The van der Waals surface area contributed by atoms with E-state index in [1.807, 2.05) is 29.7 Å². The maximum absolute atomic E-state index is 13.4. The smallest absolute Gasteiger partial charge is 0.259 e. The Morgan fingerprint density at radius 2 is 2.10 bits per heavy atom. The Hall–Kier alpha value is -3.70. The summed E-state index contributed by atoms with van der Waals surface area (Å²) in [5.41, 5.74) is 8.91. The van der Waals surface area contributed by atoms with Gasteiger partial charge < -0.3 is 15.4 Å². The quantitative estimate of drug-likeness (QED) is 0.497. The van der Waals surface area contributed by atoms with Gasteiger partial charge in [-0.2, -0.15) is 5.10 Å². The lowest BCUT2D eigenvalue weighted by molar-refractivity contribution is 0.253. The molecule has 1 aliphatic rings. The maximum Gasteiger partial charge on any atom is 0.259 e. The summed E-state index contributed by atoms with van der Waals surface area (Å²) < 4.78 is 3.60. The van der Waals surface area contributed by atoms with E-state index in [-0.39, 0.29) is 17.4 Å². The molecule has 31 heavy (non-hydrogen) atoms. The molecule has 1 aliphatic carbocycles. The average molecular weight is 414 g/mol. The van der Waals surface area contributed by atoms with Crippen LogP contribution >= 0.6 is 0 Å². The maximum atomic E-state index is 13.4. The number of aliphatic hydroxyl groups is 1. The predicted octanol–water partition coefficient (Wildman–Crippen LogP) is 2.15. The van der Waals surface area contributed by atoms with Gasteiger partial charge in [0, 0.05) is 11.7 Å². The van der Waals surface area contributed by atoms with Crippen molar-refractivity contribution in [2.75, 3.05) is 5.73 Å². The Morgan fingerprint density at radius 3 is 2.84 bits per heavy atom. The van der Waals surface area contributed by atoms with Crippen molar-refractivity contribution in [2.24, 2.45) is 0 Å². The van der Waals surface area contributed by atoms with E-state index in [1.54, 1.807) is 11.6 Å². The number of pyridine rings is 1. The number of hydrogen-bond donors (Lipinski definition) is 2. The van der Waals surface area contributed by atoms with E-state index < -0.39 is 6.10 Å². The van der Waals surface area contributed by atoms with Crippen LogP contribution in [0.4, 0.5) is 5.82 Å². The van der Waals surface area contributed by atoms with Crippen LogP contribution in [-0.2, 0) is 6.54 Å². The molecule has 0 amide bonds. The van der Waals surface area contributed by atoms with E-state index in [9.17, 15) is 9.90 Å². The molecule has 156 valence electrons. The zero-order chi connectivity index (χ0) is 21.7. The van der Waals surface area contributed by atoms with Crippen LogP contribution in [-0.4, -0.2) is 35.5 Å². The second-order valence-corrected chi connectivity index (χ2v) is 7.99. The fraction of sp³-hybridized carbons (Fsp3) is 0.304. The van der Waals surface area contributed by atoms with Gasteiger partial charge in [-0.25, -0.2) is 14.6 Å². The van der Waals surface area contributed by atoms with Crippen molar-refractivity contribution in [3.63, 3.8) is 0 Å². The number of nitrogen functional groups attached to an aromatic ring is 1. The van der Waals surface area contributed by atoms with E-state index in [0.29, 0.717) is 23.3 Å². The number of anilines is 1. The number of benzene rings is 1. The standard InChI is InChI=1S/C23H22N6O2/c1-13-4-3-5-15-10-17(29(16-7-8-16)23(31)19(13)15)11-28-22-20(21(24)25-12-26-22)18(27-28)9-6-14(2)30/h3-5,10,12,14,16,30H,7-8,11H2,1-2H3,(H2,24,25,26). The molecule has 5 rings (SSSR count). The van der Waals surface area contributed by atoms with Crippen molar-refractivity contribution in [3.8, 4) is 11.8 Å². The monoisotopic (exact) mass is 414 g/mol. The summed E-state index contributed by atoms with van der Waals surface area (Å²) in [5, 5.41) is 16.4. The molecule has 0 aliphatic heterocycles. The van der Waals surface area contributed by atoms with Gasteiger partial charge in [-0.05, 0) is 49.6 Å². The number of nitrogens with zero attached hydrogens (tertiary/aromatic N) is 5. The van der Waals surface area contributed by atoms with Crippen LogP contribution in [0, 0.1) is 18.8 Å². The van der Waals surface area contributed by atoms with Gasteiger partial charge in [0.25, 0.3) is 5.56 Å². The summed E-state index contributed by atoms with van der Waals surface area (Å²) in [7, 11) is 0. The highest BCUT2D eigenvalue weighted by Gasteiger charge is 2.28. The molecule has 1 fully saturated rings. The summed E-state index contributed by atoms with van der Waals surface area (Å²) in [4.78, 5) is 21.8. The molecule has 8 heteroatoms. The summed E-state index contributed by atoms with van der Waals surface area (Å²) in [5.74, 6) is 5.85. The van der Waals surface area contributed by atoms with Gasteiger partial charge in [-0.3, -0.25) is 4.79 Å². The fourth-order valence-electron chi connectivity index (χ4n) is 4.01. The van der Waals surface area contributed by atoms with Crippen LogP contribution in [0.3, 0.4) is 0 Å². The molecule has 3 heterocycles. The van der Waals surface area contributed by atoms with Crippen LogP contribution in [0.1, 0.15) is 42.8 Å². The Morgan fingerprint density at radius 1 is 1.29 bits per heavy atom. The fourth-order valence-corrected chi connectivity index (χ4v) is 4.01. The highest BCUT2D eigenvalue weighted by Crippen LogP contribution is 2.36. The topological polar surface area (TPSA) is 112 Å².